The van der Waals surface area contributed by atoms with Gasteiger partial charge in [0, 0.05) is 27.9 Å². The van der Waals surface area contributed by atoms with E-state index in [2.05, 4.69) is 20.8 Å². The topological polar surface area (TPSA) is 104 Å². The molecule has 3 aromatic carbocycles. The second-order valence-electron chi connectivity index (χ2n) is 9.71. The quantitative estimate of drug-likeness (QED) is 0.202. The molecule has 0 fully saturated rings. The van der Waals surface area contributed by atoms with Gasteiger partial charge in [0.25, 0.3) is 5.91 Å². The van der Waals surface area contributed by atoms with Gasteiger partial charge in [-0.15, -0.1) is 0 Å². The van der Waals surface area contributed by atoms with Crippen molar-refractivity contribution in [3.63, 3.8) is 0 Å². The molecule has 1 atom stereocenters. The van der Waals surface area contributed by atoms with Gasteiger partial charge in [-0.05, 0) is 49.7 Å². The van der Waals surface area contributed by atoms with E-state index < -0.39 is 17.6 Å². The van der Waals surface area contributed by atoms with Crippen molar-refractivity contribution in [2.24, 2.45) is 5.41 Å². The molecule has 0 spiro atoms. The molecule has 37 heavy (non-hydrogen) atoms. The van der Waals surface area contributed by atoms with E-state index in [0.717, 1.165) is 11.1 Å². The lowest BCUT2D eigenvalue weighted by Crippen LogP contribution is -2.43. The first-order chi connectivity index (χ1) is 17.4. The Kier molecular flexibility index (Phi) is 8.31. The van der Waals surface area contributed by atoms with E-state index in [-0.39, 0.29) is 28.1 Å². The summed E-state index contributed by atoms with van der Waals surface area (Å²) >= 11 is 6.00. The van der Waals surface area contributed by atoms with E-state index in [1.807, 2.05) is 52.8 Å². The van der Waals surface area contributed by atoms with Gasteiger partial charge < -0.3 is 25.8 Å². The van der Waals surface area contributed by atoms with Crippen LogP contribution in [0.1, 0.15) is 31.9 Å². The number of amides is 3. The molecule has 4 N–H and O–H groups in total. The average Bonchev–Trinajstić information content (AvgIpc) is 2.79. The largest absolute Gasteiger partial charge is 0.506 e. The number of nitrogens with one attached hydrogen (secondary N) is 3. The summed E-state index contributed by atoms with van der Waals surface area (Å²) in [5.41, 5.74) is 2.65. The highest BCUT2D eigenvalue weighted by Gasteiger charge is 2.34. The molecule has 3 amide bonds. The Hall–Kier alpha value is -4.22. The maximum absolute atomic E-state index is 13.2. The number of aryl methyl sites for hydroxylation is 2. The van der Waals surface area contributed by atoms with Crippen LogP contribution in [0, 0.1) is 25.8 Å². The lowest BCUT2D eigenvalue weighted by Gasteiger charge is -2.30. The van der Waals surface area contributed by atoms with E-state index in [1.54, 1.807) is 12.1 Å². The minimum Gasteiger partial charge on any atom is -0.506 e. The van der Waals surface area contributed by atoms with Gasteiger partial charge in [0.15, 0.2) is 6.10 Å². The van der Waals surface area contributed by atoms with Crippen molar-refractivity contribution in [1.82, 2.24) is 0 Å². The number of rotatable bonds is 6. The highest BCUT2D eigenvalue weighted by Crippen LogP contribution is 2.31. The molecular weight excluding hydrogens is 492 g/mol. The molecule has 0 aliphatic rings. The molecule has 0 bridgehead atoms. The second kappa shape index (κ2) is 11.2. The number of halogens is 1. The monoisotopic (exact) mass is 520 g/mol. The average molecular weight is 521 g/mol. The van der Waals surface area contributed by atoms with Gasteiger partial charge in [-0.1, -0.05) is 56.1 Å². The Labute approximate surface area is 221 Å². The highest BCUT2D eigenvalue weighted by atomic mass is 35.5. The molecule has 0 radical (unpaired) electrons. The van der Waals surface area contributed by atoms with Gasteiger partial charge >= 0.3 is 6.03 Å². The maximum Gasteiger partial charge on any atom is 0.323 e. The van der Waals surface area contributed by atoms with Gasteiger partial charge in [-0.3, -0.25) is 4.79 Å². The Balaban J connectivity index is 1.69. The van der Waals surface area contributed by atoms with E-state index in [9.17, 15) is 14.7 Å². The summed E-state index contributed by atoms with van der Waals surface area (Å²) in [5.74, 6) is 0.0149. The van der Waals surface area contributed by atoms with Crippen LogP contribution in [0.5, 0.6) is 11.5 Å². The van der Waals surface area contributed by atoms with Crippen LogP contribution in [0.15, 0.2) is 54.6 Å². The minimum absolute atomic E-state index is 0.137. The number of aromatic hydroxyl groups is 1. The molecule has 0 aliphatic carbocycles. The number of nitrogens with zero attached hydrogens (tertiary/aromatic N) is 1. The minimum atomic E-state index is -0.805. The molecule has 0 aliphatic heterocycles. The van der Waals surface area contributed by atoms with Crippen LogP contribution in [0.2, 0.25) is 5.02 Å². The van der Waals surface area contributed by atoms with E-state index in [4.69, 9.17) is 22.9 Å². The summed E-state index contributed by atoms with van der Waals surface area (Å²) in [6.07, 6.45) is -0.805. The molecule has 0 saturated carbocycles. The molecule has 0 heterocycles. The number of ether oxygens (including phenoxy) is 1. The van der Waals surface area contributed by atoms with Crippen LogP contribution < -0.4 is 20.7 Å². The smallest absolute Gasteiger partial charge is 0.323 e. The van der Waals surface area contributed by atoms with Crippen molar-refractivity contribution in [3.8, 4) is 11.5 Å². The second-order valence-corrected chi connectivity index (χ2v) is 10.1. The summed E-state index contributed by atoms with van der Waals surface area (Å²) in [5, 5.41) is 18.6. The van der Waals surface area contributed by atoms with Crippen LogP contribution in [0.25, 0.3) is 4.85 Å². The lowest BCUT2D eigenvalue weighted by atomic mass is 9.88. The van der Waals surface area contributed by atoms with E-state index >= 15 is 0 Å². The maximum atomic E-state index is 13.2. The van der Waals surface area contributed by atoms with E-state index in [1.165, 1.54) is 24.3 Å². The summed E-state index contributed by atoms with van der Waals surface area (Å²) in [6, 6.07) is 14.0. The molecular formula is C28H29ClN4O4. The van der Waals surface area contributed by atoms with Gasteiger partial charge in [-0.25, -0.2) is 9.64 Å². The molecule has 3 aromatic rings. The summed E-state index contributed by atoms with van der Waals surface area (Å²) in [4.78, 5) is 28.8. The zero-order valence-corrected chi connectivity index (χ0v) is 22.0. The third-order valence-electron chi connectivity index (χ3n) is 5.44. The predicted octanol–water partition coefficient (Wildman–Crippen LogP) is 7.29. The zero-order chi connectivity index (χ0) is 27.3. The summed E-state index contributed by atoms with van der Waals surface area (Å²) < 4.78 is 6.12. The SMILES string of the molecule is [C-]#[N+]c1ccc(NC(=O)Nc2ccc(NC(=O)C(Oc3ccc(C)cc3C)C(C)(C)C)cc2O)cc1Cl. The fraction of sp³-hybridized carbons (Fsp3) is 0.250. The molecule has 8 nitrogen and oxygen atoms in total. The number of phenols is 1. The number of anilines is 3. The van der Waals surface area contributed by atoms with Crippen molar-refractivity contribution in [2.75, 3.05) is 16.0 Å². The van der Waals surface area contributed by atoms with Gasteiger partial charge in [0.1, 0.15) is 11.5 Å². The fourth-order valence-corrected chi connectivity index (χ4v) is 3.79. The number of carbonyl (C=O) groups excluding carboxylic acids is 2. The first-order valence-corrected chi connectivity index (χ1v) is 11.9. The number of benzene rings is 3. The van der Waals surface area contributed by atoms with Crippen molar-refractivity contribution >= 4 is 46.3 Å². The van der Waals surface area contributed by atoms with Crippen molar-refractivity contribution in [2.45, 2.75) is 40.7 Å². The molecule has 9 heteroatoms. The third kappa shape index (κ3) is 7.15. The van der Waals surface area contributed by atoms with Crippen LogP contribution in [-0.4, -0.2) is 23.1 Å². The number of hydrogen-bond acceptors (Lipinski definition) is 4. The number of carbonyl (C=O) groups is 2. The van der Waals surface area contributed by atoms with Crippen LogP contribution in [0.4, 0.5) is 27.5 Å². The van der Waals surface area contributed by atoms with E-state index in [0.29, 0.717) is 17.1 Å². The van der Waals surface area contributed by atoms with Crippen LogP contribution in [-0.2, 0) is 4.79 Å². The van der Waals surface area contributed by atoms with Crippen LogP contribution >= 0.6 is 11.6 Å². The Morgan fingerprint density at radius 3 is 2.24 bits per heavy atom. The summed E-state index contributed by atoms with van der Waals surface area (Å²) in [7, 11) is 0. The van der Waals surface area contributed by atoms with Gasteiger partial charge in [-0.2, -0.15) is 0 Å². The molecule has 0 saturated heterocycles. The van der Waals surface area contributed by atoms with Crippen LogP contribution in [0.3, 0.4) is 0 Å². The standard InChI is InChI=1S/C28H29ClN4O4/c1-16-7-12-24(17(2)13-16)37-25(28(3,4)5)26(35)31-19-9-11-22(23(34)15-19)33-27(36)32-18-8-10-21(30-6)20(29)14-18/h7-15,25,34H,1-5H3,(H,31,35)(H2,32,33,36). The predicted molar refractivity (Wildman–Crippen MR) is 147 cm³/mol. The molecule has 1 unspecified atom stereocenters. The lowest BCUT2D eigenvalue weighted by molar-refractivity contribution is -0.127. The highest BCUT2D eigenvalue weighted by molar-refractivity contribution is 6.33. The number of urea groups is 1. The zero-order valence-electron chi connectivity index (χ0n) is 21.3. The van der Waals surface area contributed by atoms with Crippen molar-refractivity contribution in [1.29, 1.82) is 0 Å². The number of phenolic OH excluding ortho intramolecular Hbond substituents is 1. The molecule has 0 aromatic heterocycles. The van der Waals surface area contributed by atoms with Crippen molar-refractivity contribution < 1.29 is 19.4 Å². The first kappa shape index (κ1) is 27.4. The van der Waals surface area contributed by atoms with Gasteiger partial charge in [0.05, 0.1) is 12.3 Å². The number of hydrogen-bond donors (Lipinski definition) is 4. The Morgan fingerprint density at radius 2 is 1.65 bits per heavy atom. The normalized spacial score (nSPS) is 11.7. The van der Waals surface area contributed by atoms with Gasteiger partial charge in [0.2, 0.25) is 5.69 Å². The molecule has 192 valence electrons. The fourth-order valence-electron chi connectivity index (χ4n) is 3.56. The Morgan fingerprint density at radius 1 is 0.973 bits per heavy atom. The first-order valence-electron chi connectivity index (χ1n) is 11.5. The van der Waals surface area contributed by atoms with Crippen molar-refractivity contribution in [3.05, 3.63) is 82.2 Å². The molecule has 3 rings (SSSR count). The third-order valence-corrected chi connectivity index (χ3v) is 5.74. The Bertz CT molecular complexity index is 1380. The summed E-state index contributed by atoms with van der Waals surface area (Å²) in [6.45, 7) is 16.7.